The zero-order valence-electron chi connectivity index (χ0n) is 17.5. The Kier molecular flexibility index (Phi) is 3.85. The number of rotatable bonds is 3. The van der Waals surface area contributed by atoms with Crippen LogP contribution in [-0.2, 0) is 16.2 Å². The smallest absolute Gasteiger partial charge is 0.113 e. The molecule has 0 aromatic heterocycles. The van der Waals surface area contributed by atoms with Gasteiger partial charge in [0.25, 0.3) is 0 Å². The molecule has 0 radical (unpaired) electrons. The fraction of sp³-hybridized carbons (Fsp3) is 0.379. The lowest BCUT2D eigenvalue weighted by Gasteiger charge is -2.58. The summed E-state index contributed by atoms with van der Waals surface area (Å²) in [5.74, 6) is 0. The molecule has 4 fully saturated rings. The Bertz CT molecular complexity index is 982. The average Bonchev–Trinajstić information content (AvgIpc) is 2.95. The van der Waals surface area contributed by atoms with Gasteiger partial charge in [-0.3, -0.25) is 0 Å². The largest absolute Gasteiger partial charge is 0.244 e. The van der Waals surface area contributed by atoms with Crippen LogP contribution in [0.5, 0.6) is 0 Å². The van der Waals surface area contributed by atoms with E-state index in [2.05, 4.69) is 91.0 Å². The molecule has 4 saturated carbocycles. The van der Waals surface area contributed by atoms with Crippen molar-refractivity contribution in [3.05, 3.63) is 108 Å². The summed E-state index contributed by atoms with van der Waals surface area (Å²) < 4.78 is 16.9. The lowest BCUT2D eigenvalue weighted by Crippen LogP contribution is -2.57. The number of hydrogen-bond acceptors (Lipinski definition) is 0. The quantitative estimate of drug-likeness (QED) is 0.436. The van der Waals surface area contributed by atoms with E-state index in [1.165, 1.54) is 16.7 Å². The molecule has 0 nitrogen and oxygen atoms in total. The maximum absolute atomic E-state index is 16.9. The molecular formula is C29H29F. The normalized spacial score (nSPS) is 37.1. The molecule has 0 saturated heterocycles. The third kappa shape index (κ3) is 2.64. The summed E-state index contributed by atoms with van der Waals surface area (Å²) in [6.07, 6.45) is 6.30. The molecule has 152 valence electrons. The van der Waals surface area contributed by atoms with Crippen LogP contribution < -0.4 is 0 Å². The zero-order valence-corrected chi connectivity index (χ0v) is 17.5. The van der Waals surface area contributed by atoms with E-state index in [0.717, 1.165) is 25.7 Å². The van der Waals surface area contributed by atoms with Crippen molar-refractivity contribution < 1.29 is 4.39 Å². The van der Waals surface area contributed by atoms with Crippen LogP contribution in [0.4, 0.5) is 4.39 Å². The minimum absolute atomic E-state index is 0.0723. The predicted octanol–water partition coefficient (Wildman–Crippen LogP) is 7.28. The molecule has 2 unspecified atom stereocenters. The van der Waals surface area contributed by atoms with Crippen LogP contribution in [0.2, 0.25) is 0 Å². The zero-order chi connectivity index (χ0) is 20.3. The van der Waals surface area contributed by atoms with Gasteiger partial charge in [0.05, 0.1) is 0 Å². The Hall–Kier alpha value is -2.41. The number of benzene rings is 3. The fourth-order valence-corrected chi connectivity index (χ4v) is 7.83. The van der Waals surface area contributed by atoms with Crippen molar-refractivity contribution in [2.45, 2.75) is 66.9 Å². The van der Waals surface area contributed by atoms with E-state index in [4.69, 9.17) is 0 Å². The van der Waals surface area contributed by atoms with E-state index in [1.807, 2.05) is 0 Å². The number of hydrogen-bond donors (Lipinski definition) is 0. The SMILES string of the molecule is FC12CC3(c4ccccc4)CCC(c4ccccc4)(C1)CC(c1ccccc1)(C2)C3. The lowest BCUT2D eigenvalue weighted by atomic mass is 9.47. The summed E-state index contributed by atoms with van der Waals surface area (Å²) in [6, 6.07) is 32.6. The van der Waals surface area contributed by atoms with Gasteiger partial charge in [-0.1, -0.05) is 91.0 Å². The predicted molar refractivity (Wildman–Crippen MR) is 121 cm³/mol. The van der Waals surface area contributed by atoms with E-state index in [9.17, 15) is 0 Å². The van der Waals surface area contributed by atoms with E-state index < -0.39 is 5.67 Å². The second kappa shape index (κ2) is 6.30. The summed E-state index contributed by atoms with van der Waals surface area (Å²) in [6.45, 7) is 0. The van der Waals surface area contributed by atoms with E-state index in [-0.39, 0.29) is 16.2 Å². The summed E-state index contributed by atoms with van der Waals surface area (Å²) in [5, 5.41) is 0. The second-order valence-corrected chi connectivity index (χ2v) is 10.5. The average molecular weight is 397 g/mol. The highest BCUT2D eigenvalue weighted by Gasteiger charge is 2.66. The second-order valence-electron chi connectivity index (χ2n) is 10.5. The molecule has 2 atom stereocenters. The summed E-state index contributed by atoms with van der Waals surface area (Å²) >= 11 is 0. The van der Waals surface area contributed by atoms with Gasteiger partial charge in [-0.15, -0.1) is 0 Å². The molecule has 0 N–H and O–H groups in total. The monoisotopic (exact) mass is 396 g/mol. The third-order valence-corrected chi connectivity index (χ3v) is 8.56. The first-order valence-corrected chi connectivity index (χ1v) is 11.4. The standard InChI is InChI=1S/C29H29F/c30-29-20-26(23-10-4-1-5-11-23)16-17-27(21-29,24-12-6-2-7-13-24)19-28(18-26,22-29)25-14-8-3-9-15-25/h1-15H,16-22H2. The summed E-state index contributed by atoms with van der Waals surface area (Å²) in [4.78, 5) is 0. The molecule has 3 aromatic rings. The Balaban J connectivity index is 1.59. The van der Waals surface area contributed by atoms with Gasteiger partial charge in [0, 0.05) is 5.41 Å². The molecule has 3 aromatic carbocycles. The van der Waals surface area contributed by atoms with Crippen LogP contribution in [0.15, 0.2) is 91.0 Å². The first kappa shape index (κ1) is 18.4. The molecule has 0 amide bonds. The number of alkyl halides is 1. The molecule has 0 spiro atoms. The maximum atomic E-state index is 16.9. The Morgan fingerprint density at radius 3 is 1.17 bits per heavy atom. The van der Waals surface area contributed by atoms with Crippen LogP contribution in [0.25, 0.3) is 0 Å². The molecule has 4 aliphatic rings. The first-order chi connectivity index (χ1) is 14.6. The van der Waals surface area contributed by atoms with Gasteiger partial charge in [0.1, 0.15) is 5.67 Å². The van der Waals surface area contributed by atoms with Gasteiger partial charge in [-0.2, -0.15) is 0 Å². The highest BCUT2D eigenvalue weighted by atomic mass is 19.1. The Labute approximate surface area is 179 Å². The van der Waals surface area contributed by atoms with Crippen molar-refractivity contribution in [1.82, 2.24) is 0 Å². The van der Waals surface area contributed by atoms with Crippen molar-refractivity contribution in [3.63, 3.8) is 0 Å². The highest BCUT2D eigenvalue weighted by Crippen LogP contribution is 2.69. The molecule has 4 aliphatic carbocycles. The highest BCUT2D eigenvalue weighted by molar-refractivity contribution is 5.42. The van der Waals surface area contributed by atoms with Crippen molar-refractivity contribution in [2.75, 3.05) is 0 Å². The van der Waals surface area contributed by atoms with Crippen molar-refractivity contribution in [3.8, 4) is 0 Å². The van der Waals surface area contributed by atoms with Crippen LogP contribution in [0.1, 0.15) is 61.6 Å². The molecule has 0 aliphatic heterocycles. The van der Waals surface area contributed by atoms with Gasteiger partial charge in [0.15, 0.2) is 0 Å². The lowest BCUT2D eigenvalue weighted by molar-refractivity contribution is -0.0407. The Morgan fingerprint density at radius 1 is 0.433 bits per heavy atom. The maximum Gasteiger partial charge on any atom is 0.113 e. The van der Waals surface area contributed by atoms with E-state index >= 15 is 4.39 Å². The van der Waals surface area contributed by atoms with Crippen molar-refractivity contribution in [1.29, 1.82) is 0 Å². The minimum atomic E-state index is -1.12. The van der Waals surface area contributed by atoms with E-state index in [0.29, 0.717) is 19.3 Å². The van der Waals surface area contributed by atoms with Crippen LogP contribution in [0, 0.1) is 0 Å². The van der Waals surface area contributed by atoms with Crippen LogP contribution in [-0.4, -0.2) is 5.67 Å². The summed E-state index contributed by atoms with van der Waals surface area (Å²) in [5.41, 5.74) is 2.67. The fourth-order valence-electron chi connectivity index (χ4n) is 7.83. The first-order valence-electron chi connectivity index (χ1n) is 11.4. The van der Waals surface area contributed by atoms with Gasteiger partial charge in [-0.25, -0.2) is 4.39 Å². The number of halogens is 1. The topological polar surface area (TPSA) is 0 Å². The molecule has 30 heavy (non-hydrogen) atoms. The van der Waals surface area contributed by atoms with E-state index in [1.54, 1.807) is 0 Å². The molecular weight excluding hydrogens is 367 g/mol. The third-order valence-electron chi connectivity index (χ3n) is 8.56. The van der Waals surface area contributed by atoms with Crippen LogP contribution in [0.3, 0.4) is 0 Å². The molecule has 7 rings (SSSR count). The van der Waals surface area contributed by atoms with Crippen molar-refractivity contribution >= 4 is 0 Å². The van der Waals surface area contributed by atoms with Crippen molar-refractivity contribution in [2.24, 2.45) is 0 Å². The molecule has 4 bridgehead atoms. The number of fused-ring (bicyclic) bond motifs is 1. The van der Waals surface area contributed by atoms with Gasteiger partial charge < -0.3 is 0 Å². The Morgan fingerprint density at radius 2 is 0.767 bits per heavy atom. The van der Waals surface area contributed by atoms with Gasteiger partial charge in [0.2, 0.25) is 0 Å². The van der Waals surface area contributed by atoms with Gasteiger partial charge >= 0.3 is 0 Å². The van der Waals surface area contributed by atoms with Crippen LogP contribution >= 0.6 is 0 Å². The van der Waals surface area contributed by atoms with Gasteiger partial charge in [-0.05, 0) is 72.5 Å². The molecule has 1 heteroatoms. The minimum Gasteiger partial charge on any atom is -0.244 e. The summed E-state index contributed by atoms with van der Waals surface area (Å²) in [7, 11) is 0. The molecule has 0 heterocycles.